The maximum absolute atomic E-state index is 11.2. The van der Waals surface area contributed by atoms with Crippen LogP contribution in [0.25, 0.3) is 0 Å². The highest BCUT2D eigenvalue weighted by molar-refractivity contribution is 7.88. The third-order valence-electron chi connectivity index (χ3n) is 2.89. The van der Waals surface area contributed by atoms with E-state index in [2.05, 4.69) is 14.6 Å². The Morgan fingerprint density at radius 1 is 1.56 bits per heavy atom. The third kappa shape index (κ3) is 3.57. The summed E-state index contributed by atoms with van der Waals surface area (Å²) in [7, 11) is -3.16. The number of piperidine rings is 1. The highest BCUT2D eigenvalue weighted by Crippen LogP contribution is 2.27. The molecule has 2 heterocycles. The lowest BCUT2D eigenvalue weighted by Gasteiger charge is -2.34. The molecule has 0 saturated carbocycles. The molecule has 1 aliphatic rings. The van der Waals surface area contributed by atoms with E-state index in [-0.39, 0.29) is 6.04 Å². The number of nitrogens with one attached hydrogen (secondary N) is 1. The molecule has 0 radical (unpaired) electrons. The van der Waals surface area contributed by atoms with Crippen molar-refractivity contribution in [3.05, 3.63) is 23.5 Å². The number of pyridine rings is 1. The van der Waals surface area contributed by atoms with Crippen LogP contribution in [0.15, 0.2) is 18.5 Å². The monoisotopic (exact) mass is 289 g/mol. The fourth-order valence-corrected chi connectivity index (χ4v) is 3.26. The molecule has 2 rings (SSSR count). The molecule has 0 spiro atoms. The molecule has 0 aliphatic carbocycles. The number of rotatable bonds is 3. The van der Waals surface area contributed by atoms with E-state index >= 15 is 0 Å². The summed E-state index contributed by atoms with van der Waals surface area (Å²) in [4.78, 5) is 6.04. The highest BCUT2D eigenvalue weighted by Gasteiger charge is 2.23. The molecule has 1 aliphatic heterocycles. The maximum Gasteiger partial charge on any atom is 0.209 e. The van der Waals surface area contributed by atoms with Gasteiger partial charge in [-0.3, -0.25) is 4.98 Å². The molecular formula is C11H16ClN3O2S. The molecule has 1 aromatic rings. The first kappa shape index (κ1) is 13.6. The molecule has 18 heavy (non-hydrogen) atoms. The van der Waals surface area contributed by atoms with Gasteiger partial charge in [-0.2, -0.15) is 0 Å². The highest BCUT2D eigenvalue weighted by atomic mass is 35.5. The number of hydrogen-bond acceptors (Lipinski definition) is 4. The quantitative estimate of drug-likeness (QED) is 0.910. The van der Waals surface area contributed by atoms with Crippen molar-refractivity contribution >= 4 is 27.3 Å². The normalized spacial score (nSPS) is 21.0. The van der Waals surface area contributed by atoms with Gasteiger partial charge in [0, 0.05) is 31.5 Å². The zero-order valence-electron chi connectivity index (χ0n) is 10.1. The second-order valence-corrected chi connectivity index (χ2v) is 6.69. The van der Waals surface area contributed by atoms with Crippen LogP contribution in [0.4, 0.5) is 5.69 Å². The Hall–Kier alpha value is -0.850. The summed E-state index contributed by atoms with van der Waals surface area (Å²) < 4.78 is 25.1. The van der Waals surface area contributed by atoms with E-state index in [0.29, 0.717) is 11.6 Å². The van der Waals surface area contributed by atoms with Gasteiger partial charge in [0.1, 0.15) is 0 Å². The first-order valence-corrected chi connectivity index (χ1v) is 8.04. The summed E-state index contributed by atoms with van der Waals surface area (Å²) in [5, 5.41) is 0.595. The van der Waals surface area contributed by atoms with Crippen molar-refractivity contribution in [2.45, 2.75) is 18.9 Å². The predicted molar refractivity (Wildman–Crippen MR) is 72.5 cm³/mol. The Morgan fingerprint density at radius 3 is 3.00 bits per heavy atom. The first-order valence-electron chi connectivity index (χ1n) is 5.77. The summed E-state index contributed by atoms with van der Waals surface area (Å²) in [6.45, 7) is 1.52. The van der Waals surface area contributed by atoms with E-state index in [1.165, 1.54) is 6.26 Å². The fraction of sp³-hybridized carbons (Fsp3) is 0.545. The lowest BCUT2D eigenvalue weighted by molar-refractivity contribution is 0.467. The summed E-state index contributed by atoms with van der Waals surface area (Å²) >= 11 is 6.10. The van der Waals surface area contributed by atoms with Gasteiger partial charge in [0.25, 0.3) is 0 Å². The molecule has 1 fully saturated rings. The number of halogens is 1. The van der Waals surface area contributed by atoms with Crippen molar-refractivity contribution in [2.24, 2.45) is 0 Å². The molecule has 0 unspecified atom stereocenters. The first-order chi connectivity index (χ1) is 8.46. The van der Waals surface area contributed by atoms with Gasteiger partial charge in [0.2, 0.25) is 10.0 Å². The van der Waals surface area contributed by atoms with Crippen LogP contribution in [-0.4, -0.2) is 38.8 Å². The number of aromatic nitrogens is 1. The number of sulfonamides is 1. The van der Waals surface area contributed by atoms with Gasteiger partial charge in [0.15, 0.2) is 0 Å². The third-order valence-corrected chi connectivity index (χ3v) is 3.95. The van der Waals surface area contributed by atoms with Crippen LogP contribution in [0.2, 0.25) is 5.02 Å². The topological polar surface area (TPSA) is 62.3 Å². The Bertz CT molecular complexity index is 521. The average Bonchev–Trinajstić information content (AvgIpc) is 2.27. The van der Waals surface area contributed by atoms with Gasteiger partial charge >= 0.3 is 0 Å². The molecule has 1 atom stereocenters. The largest absolute Gasteiger partial charge is 0.369 e. The summed E-state index contributed by atoms with van der Waals surface area (Å²) in [5.41, 5.74) is 0.909. The van der Waals surface area contributed by atoms with Crippen LogP contribution in [0, 0.1) is 0 Å². The molecule has 0 bridgehead atoms. The van der Waals surface area contributed by atoms with Crippen molar-refractivity contribution in [3.63, 3.8) is 0 Å². The minimum Gasteiger partial charge on any atom is -0.369 e. The van der Waals surface area contributed by atoms with Crippen LogP contribution in [0.5, 0.6) is 0 Å². The van der Waals surface area contributed by atoms with E-state index in [0.717, 1.165) is 25.1 Å². The van der Waals surface area contributed by atoms with Crippen molar-refractivity contribution < 1.29 is 8.42 Å². The van der Waals surface area contributed by atoms with Gasteiger partial charge in [0.05, 0.1) is 17.0 Å². The predicted octanol–water partition coefficient (Wildman–Crippen LogP) is 1.25. The molecule has 0 amide bonds. The van der Waals surface area contributed by atoms with Crippen LogP contribution < -0.4 is 9.62 Å². The SMILES string of the molecule is CS(=O)(=O)N[C@H]1CCCN(c2ccncc2Cl)C1. The van der Waals surface area contributed by atoms with E-state index in [1.807, 2.05) is 6.07 Å². The Balaban J connectivity index is 2.10. The average molecular weight is 290 g/mol. The van der Waals surface area contributed by atoms with Crippen LogP contribution in [0.3, 0.4) is 0 Å². The van der Waals surface area contributed by atoms with Crippen molar-refractivity contribution in [1.29, 1.82) is 0 Å². The Kier molecular flexibility index (Phi) is 4.09. The molecule has 1 saturated heterocycles. The lowest BCUT2D eigenvalue weighted by Crippen LogP contribution is -2.47. The standard InChI is InChI=1S/C11H16ClN3O2S/c1-18(16,17)14-9-3-2-6-15(8-9)11-4-5-13-7-10(11)12/h4-5,7,9,14H,2-3,6,8H2,1H3/t9-/m0/s1. The molecule has 7 heteroatoms. The van der Waals surface area contributed by atoms with E-state index in [1.54, 1.807) is 12.4 Å². The van der Waals surface area contributed by atoms with Crippen molar-refractivity contribution in [3.8, 4) is 0 Å². The van der Waals surface area contributed by atoms with Crippen LogP contribution >= 0.6 is 11.6 Å². The summed E-state index contributed by atoms with van der Waals surface area (Å²) in [6.07, 6.45) is 6.27. The number of anilines is 1. The van der Waals surface area contributed by atoms with Gasteiger partial charge in [-0.05, 0) is 18.9 Å². The smallest absolute Gasteiger partial charge is 0.209 e. The molecule has 1 N–H and O–H groups in total. The van der Waals surface area contributed by atoms with Gasteiger partial charge in [-0.15, -0.1) is 0 Å². The second-order valence-electron chi connectivity index (χ2n) is 4.50. The van der Waals surface area contributed by atoms with E-state index in [9.17, 15) is 8.42 Å². The van der Waals surface area contributed by atoms with Gasteiger partial charge in [-0.25, -0.2) is 13.1 Å². The molecule has 100 valence electrons. The summed E-state index contributed by atoms with van der Waals surface area (Å²) in [6, 6.07) is 1.79. The van der Waals surface area contributed by atoms with Gasteiger partial charge < -0.3 is 4.90 Å². The van der Waals surface area contributed by atoms with Gasteiger partial charge in [-0.1, -0.05) is 11.6 Å². The Labute approximate surface area is 112 Å². The van der Waals surface area contributed by atoms with E-state index in [4.69, 9.17) is 11.6 Å². The van der Waals surface area contributed by atoms with Crippen molar-refractivity contribution in [2.75, 3.05) is 24.2 Å². The van der Waals surface area contributed by atoms with Crippen molar-refractivity contribution in [1.82, 2.24) is 9.71 Å². The Morgan fingerprint density at radius 2 is 2.33 bits per heavy atom. The minimum atomic E-state index is -3.16. The molecule has 0 aromatic carbocycles. The zero-order chi connectivity index (χ0) is 13.2. The molecular weight excluding hydrogens is 274 g/mol. The van der Waals surface area contributed by atoms with Crippen LogP contribution in [-0.2, 0) is 10.0 Å². The maximum atomic E-state index is 11.2. The lowest BCUT2D eigenvalue weighted by atomic mass is 10.1. The number of nitrogens with zero attached hydrogens (tertiary/aromatic N) is 2. The molecule has 1 aromatic heterocycles. The van der Waals surface area contributed by atoms with E-state index < -0.39 is 10.0 Å². The summed E-state index contributed by atoms with van der Waals surface area (Å²) in [5.74, 6) is 0. The minimum absolute atomic E-state index is 0.0574. The molecule has 5 nitrogen and oxygen atoms in total. The second kappa shape index (κ2) is 5.42. The van der Waals surface area contributed by atoms with Crippen LogP contribution in [0.1, 0.15) is 12.8 Å². The fourth-order valence-electron chi connectivity index (χ4n) is 2.22. The zero-order valence-corrected chi connectivity index (χ0v) is 11.7. The number of hydrogen-bond donors (Lipinski definition) is 1.